The first-order valence-electron chi connectivity index (χ1n) is 9.48. The van der Waals surface area contributed by atoms with Crippen molar-refractivity contribution in [3.05, 3.63) is 35.4 Å². The SMILES string of the molecule is CCCCCCCCCC(=O)NCCC1=CCc2ccc(O)cc21. The van der Waals surface area contributed by atoms with Gasteiger partial charge in [0.05, 0.1) is 0 Å². The standard InChI is InChI=1S/C21H31NO2/c1-2-3-4-5-6-7-8-9-21(24)22-15-14-18-11-10-17-12-13-19(23)16-20(17)18/h11-13,16,23H,2-10,14-15H2,1H3,(H,22,24). The number of hydrogen-bond donors (Lipinski definition) is 2. The predicted octanol–water partition coefficient (Wildman–Crippen LogP) is 4.98. The number of phenolic OH excluding ortho intramolecular Hbond substituents is 1. The maximum absolute atomic E-state index is 11.9. The van der Waals surface area contributed by atoms with Gasteiger partial charge < -0.3 is 10.4 Å². The van der Waals surface area contributed by atoms with E-state index in [1.807, 2.05) is 12.1 Å². The van der Waals surface area contributed by atoms with Crippen molar-refractivity contribution in [2.24, 2.45) is 0 Å². The van der Waals surface area contributed by atoms with Crippen molar-refractivity contribution >= 4 is 11.5 Å². The number of nitrogens with one attached hydrogen (secondary N) is 1. The Morgan fingerprint density at radius 3 is 2.67 bits per heavy atom. The molecule has 1 amide bonds. The van der Waals surface area contributed by atoms with E-state index in [2.05, 4.69) is 18.3 Å². The van der Waals surface area contributed by atoms with Gasteiger partial charge in [0.2, 0.25) is 5.91 Å². The summed E-state index contributed by atoms with van der Waals surface area (Å²) >= 11 is 0. The Hall–Kier alpha value is -1.77. The number of phenols is 1. The van der Waals surface area contributed by atoms with Gasteiger partial charge in [0, 0.05) is 13.0 Å². The average molecular weight is 329 g/mol. The Bertz CT molecular complexity index is 563. The Morgan fingerprint density at radius 2 is 1.88 bits per heavy atom. The first kappa shape index (κ1) is 18.6. The van der Waals surface area contributed by atoms with Crippen molar-refractivity contribution in [2.75, 3.05) is 6.54 Å². The van der Waals surface area contributed by atoms with Gasteiger partial charge >= 0.3 is 0 Å². The van der Waals surface area contributed by atoms with Crippen LogP contribution >= 0.6 is 0 Å². The molecule has 1 aromatic carbocycles. The molecule has 1 aliphatic carbocycles. The molecule has 0 atom stereocenters. The van der Waals surface area contributed by atoms with E-state index < -0.39 is 0 Å². The number of fused-ring (bicyclic) bond motifs is 1. The fourth-order valence-corrected chi connectivity index (χ4v) is 3.29. The molecule has 0 unspecified atom stereocenters. The molecule has 0 bridgehead atoms. The number of allylic oxidation sites excluding steroid dienone is 1. The number of carbonyl (C=O) groups excluding carboxylic acids is 1. The summed E-state index contributed by atoms with van der Waals surface area (Å²) in [6, 6.07) is 5.54. The van der Waals surface area contributed by atoms with Crippen LogP contribution in [0.3, 0.4) is 0 Å². The fraction of sp³-hybridized carbons (Fsp3) is 0.571. The van der Waals surface area contributed by atoms with Crippen LogP contribution in [-0.2, 0) is 11.2 Å². The van der Waals surface area contributed by atoms with Gasteiger partial charge in [-0.3, -0.25) is 4.79 Å². The monoisotopic (exact) mass is 329 g/mol. The highest BCUT2D eigenvalue weighted by atomic mass is 16.3. The summed E-state index contributed by atoms with van der Waals surface area (Å²) in [5.41, 5.74) is 3.63. The van der Waals surface area contributed by atoms with E-state index in [9.17, 15) is 9.90 Å². The highest BCUT2D eigenvalue weighted by Crippen LogP contribution is 2.31. The van der Waals surface area contributed by atoms with Gasteiger partial charge in [-0.15, -0.1) is 0 Å². The zero-order chi connectivity index (χ0) is 17.2. The molecule has 0 spiro atoms. The minimum atomic E-state index is 0.165. The summed E-state index contributed by atoms with van der Waals surface area (Å²) in [7, 11) is 0. The summed E-state index contributed by atoms with van der Waals surface area (Å²) in [5, 5.41) is 12.6. The topological polar surface area (TPSA) is 49.3 Å². The van der Waals surface area contributed by atoms with Gasteiger partial charge in [-0.1, -0.05) is 57.6 Å². The molecule has 0 radical (unpaired) electrons. The first-order valence-corrected chi connectivity index (χ1v) is 9.48. The van der Waals surface area contributed by atoms with Crippen LogP contribution in [0.25, 0.3) is 5.57 Å². The maximum Gasteiger partial charge on any atom is 0.220 e. The first-order chi connectivity index (χ1) is 11.7. The maximum atomic E-state index is 11.9. The molecule has 132 valence electrons. The second-order valence-electron chi connectivity index (χ2n) is 6.75. The second-order valence-corrected chi connectivity index (χ2v) is 6.75. The Labute approximate surface area is 146 Å². The largest absolute Gasteiger partial charge is 0.508 e. The zero-order valence-electron chi connectivity index (χ0n) is 14.9. The van der Waals surface area contributed by atoms with Crippen LogP contribution in [0.5, 0.6) is 5.75 Å². The average Bonchev–Trinajstić information content (AvgIpc) is 2.96. The fourth-order valence-electron chi connectivity index (χ4n) is 3.29. The van der Waals surface area contributed by atoms with E-state index in [4.69, 9.17) is 0 Å². The predicted molar refractivity (Wildman–Crippen MR) is 100 cm³/mol. The van der Waals surface area contributed by atoms with E-state index in [0.717, 1.165) is 31.2 Å². The number of hydrogen-bond acceptors (Lipinski definition) is 2. The number of carbonyl (C=O) groups is 1. The molecule has 0 heterocycles. The minimum absolute atomic E-state index is 0.165. The summed E-state index contributed by atoms with van der Waals surface area (Å²) in [6.45, 7) is 2.91. The van der Waals surface area contributed by atoms with Crippen molar-refractivity contribution in [2.45, 2.75) is 71.1 Å². The van der Waals surface area contributed by atoms with Crippen LogP contribution < -0.4 is 5.32 Å². The number of aromatic hydroxyl groups is 1. The third kappa shape index (κ3) is 6.03. The van der Waals surface area contributed by atoms with Crippen molar-refractivity contribution in [3.63, 3.8) is 0 Å². The molecule has 0 saturated heterocycles. The van der Waals surface area contributed by atoms with Gasteiger partial charge in [0.25, 0.3) is 0 Å². The minimum Gasteiger partial charge on any atom is -0.508 e. The molecule has 0 saturated carbocycles. The molecule has 0 aliphatic heterocycles. The van der Waals surface area contributed by atoms with Gasteiger partial charge in [-0.2, -0.15) is 0 Å². The molecule has 2 N–H and O–H groups in total. The summed E-state index contributed by atoms with van der Waals surface area (Å²) < 4.78 is 0. The van der Waals surface area contributed by atoms with E-state index in [1.165, 1.54) is 43.2 Å². The normalized spacial score (nSPS) is 12.8. The van der Waals surface area contributed by atoms with Crippen molar-refractivity contribution in [1.82, 2.24) is 5.32 Å². The number of amides is 1. The van der Waals surface area contributed by atoms with Crippen LogP contribution in [0.4, 0.5) is 0 Å². The Morgan fingerprint density at radius 1 is 1.12 bits per heavy atom. The van der Waals surface area contributed by atoms with E-state index in [1.54, 1.807) is 6.07 Å². The molecule has 0 fully saturated rings. The van der Waals surface area contributed by atoms with Crippen LogP contribution in [0.15, 0.2) is 24.3 Å². The molecule has 1 aliphatic rings. The van der Waals surface area contributed by atoms with Crippen molar-refractivity contribution in [1.29, 1.82) is 0 Å². The van der Waals surface area contributed by atoms with Crippen molar-refractivity contribution < 1.29 is 9.90 Å². The van der Waals surface area contributed by atoms with Crippen LogP contribution in [-0.4, -0.2) is 17.6 Å². The number of unbranched alkanes of at least 4 members (excludes halogenated alkanes) is 6. The van der Waals surface area contributed by atoms with Crippen LogP contribution in [0.2, 0.25) is 0 Å². The highest BCUT2D eigenvalue weighted by Gasteiger charge is 2.14. The molecule has 1 aromatic rings. The Kier molecular flexibility index (Phi) is 7.87. The van der Waals surface area contributed by atoms with Crippen molar-refractivity contribution in [3.8, 4) is 5.75 Å². The lowest BCUT2D eigenvalue weighted by molar-refractivity contribution is -0.121. The Balaban J connectivity index is 1.57. The summed E-state index contributed by atoms with van der Waals surface area (Å²) in [6.07, 6.45) is 13.3. The number of rotatable bonds is 11. The van der Waals surface area contributed by atoms with E-state index in [-0.39, 0.29) is 5.91 Å². The van der Waals surface area contributed by atoms with Crippen LogP contribution in [0, 0.1) is 0 Å². The van der Waals surface area contributed by atoms with Crippen LogP contribution in [0.1, 0.15) is 75.8 Å². The molecule has 2 rings (SSSR count). The summed E-state index contributed by atoms with van der Waals surface area (Å²) in [4.78, 5) is 11.9. The van der Waals surface area contributed by atoms with Gasteiger partial charge in [-0.05, 0) is 48.1 Å². The molecule has 0 aromatic heterocycles. The van der Waals surface area contributed by atoms with Gasteiger partial charge in [0.1, 0.15) is 5.75 Å². The third-order valence-corrected chi connectivity index (χ3v) is 4.73. The molecule has 24 heavy (non-hydrogen) atoms. The molecular weight excluding hydrogens is 298 g/mol. The van der Waals surface area contributed by atoms with E-state index >= 15 is 0 Å². The number of benzene rings is 1. The third-order valence-electron chi connectivity index (χ3n) is 4.73. The molecule has 3 nitrogen and oxygen atoms in total. The lowest BCUT2D eigenvalue weighted by atomic mass is 10.0. The molecule has 3 heteroatoms. The highest BCUT2D eigenvalue weighted by molar-refractivity contribution is 5.77. The van der Waals surface area contributed by atoms with E-state index in [0.29, 0.717) is 18.7 Å². The smallest absolute Gasteiger partial charge is 0.220 e. The second kappa shape index (κ2) is 10.2. The van der Waals surface area contributed by atoms with Gasteiger partial charge in [0.15, 0.2) is 0 Å². The zero-order valence-corrected chi connectivity index (χ0v) is 14.9. The molecular formula is C21H31NO2. The summed E-state index contributed by atoms with van der Waals surface area (Å²) in [5.74, 6) is 0.475. The quantitative estimate of drug-likeness (QED) is 0.563. The lowest BCUT2D eigenvalue weighted by Crippen LogP contribution is -2.24. The lowest BCUT2D eigenvalue weighted by Gasteiger charge is -2.08. The van der Waals surface area contributed by atoms with Gasteiger partial charge in [-0.25, -0.2) is 0 Å².